The molecule has 0 spiro atoms. The molecule has 1 aromatic carbocycles. The second-order valence-corrected chi connectivity index (χ2v) is 6.02. The molecular weight excluding hydrogens is 280 g/mol. The lowest BCUT2D eigenvalue weighted by molar-refractivity contribution is -0.141. The van der Waals surface area contributed by atoms with Gasteiger partial charge in [0, 0.05) is 33.9 Å². The molecule has 0 aliphatic carbocycles. The SMILES string of the molecule is CN1C(=O)[C@@H]2CN(CCc3ccccc3)CN[C@H]2N(C)C1=O. The van der Waals surface area contributed by atoms with E-state index in [0.717, 1.165) is 13.0 Å². The summed E-state index contributed by atoms with van der Waals surface area (Å²) in [6.45, 7) is 2.28. The van der Waals surface area contributed by atoms with Crippen molar-refractivity contribution >= 4 is 11.9 Å². The Kier molecular flexibility index (Phi) is 4.13. The van der Waals surface area contributed by atoms with Gasteiger partial charge in [0.05, 0.1) is 12.1 Å². The van der Waals surface area contributed by atoms with Crippen molar-refractivity contribution in [3.05, 3.63) is 35.9 Å². The number of rotatable bonds is 3. The number of carbonyl (C=O) groups excluding carboxylic acids is 2. The molecule has 2 heterocycles. The Morgan fingerprint density at radius 2 is 1.91 bits per heavy atom. The van der Waals surface area contributed by atoms with Crippen LogP contribution in [-0.2, 0) is 11.2 Å². The first-order valence-electron chi connectivity index (χ1n) is 7.62. The third-order valence-electron chi connectivity index (χ3n) is 4.57. The minimum Gasteiger partial charge on any atom is -0.311 e. The molecule has 0 aromatic heterocycles. The normalized spacial score (nSPS) is 26.3. The molecule has 3 amide bonds. The van der Waals surface area contributed by atoms with Crippen molar-refractivity contribution in [3.8, 4) is 0 Å². The molecule has 3 rings (SSSR count). The molecule has 6 nitrogen and oxygen atoms in total. The van der Waals surface area contributed by atoms with Crippen LogP contribution in [0.3, 0.4) is 0 Å². The highest BCUT2D eigenvalue weighted by atomic mass is 16.2. The zero-order valence-electron chi connectivity index (χ0n) is 13.0. The summed E-state index contributed by atoms with van der Waals surface area (Å²) in [5.74, 6) is -0.290. The van der Waals surface area contributed by atoms with Gasteiger partial charge in [-0.05, 0) is 12.0 Å². The van der Waals surface area contributed by atoms with E-state index < -0.39 is 0 Å². The van der Waals surface area contributed by atoms with Gasteiger partial charge in [-0.15, -0.1) is 0 Å². The molecule has 0 radical (unpaired) electrons. The van der Waals surface area contributed by atoms with Crippen LogP contribution in [0.1, 0.15) is 5.56 Å². The molecule has 0 unspecified atom stereocenters. The van der Waals surface area contributed by atoms with E-state index in [1.807, 2.05) is 18.2 Å². The quantitative estimate of drug-likeness (QED) is 0.886. The lowest BCUT2D eigenvalue weighted by atomic mass is 9.98. The summed E-state index contributed by atoms with van der Waals surface area (Å²) in [5, 5.41) is 3.32. The van der Waals surface area contributed by atoms with Gasteiger partial charge in [-0.2, -0.15) is 0 Å². The molecule has 1 aromatic rings. The van der Waals surface area contributed by atoms with E-state index >= 15 is 0 Å². The van der Waals surface area contributed by atoms with E-state index in [-0.39, 0.29) is 24.0 Å². The van der Waals surface area contributed by atoms with Crippen LogP contribution in [-0.4, -0.2) is 66.7 Å². The molecular formula is C16H22N4O2. The Morgan fingerprint density at radius 1 is 1.18 bits per heavy atom. The van der Waals surface area contributed by atoms with E-state index in [4.69, 9.17) is 0 Å². The lowest BCUT2D eigenvalue weighted by Gasteiger charge is -2.47. The topological polar surface area (TPSA) is 55.9 Å². The van der Waals surface area contributed by atoms with Gasteiger partial charge in [-0.3, -0.25) is 19.9 Å². The molecule has 2 fully saturated rings. The maximum Gasteiger partial charge on any atom is 0.327 e. The number of nitrogens with one attached hydrogen (secondary N) is 1. The zero-order chi connectivity index (χ0) is 15.7. The number of hydrogen-bond acceptors (Lipinski definition) is 4. The Bertz CT molecular complexity index is 563. The molecule has 22 heavy (non-hydrogen) atoms. The second-order valence-electron chi connectivity index (χ2n) is 6.02. The number of nitrogens with zero attached hydrogens (tertiary/aromatic N) is 3. The zero-order valence-corrected chi connectivity index (χ0v) is 13.0. The van der Waals surface area contributed by atoms with Crippen molar-refractivity contribution < 1.29 is 9.59 Å². The van der Waals surface area contributed by atoms with Crippen LogP contribution in [0.5, 0.6) is 0 Å². The van der Waals surface area contributed by atoms with Crippen LogP contribution in [0, 0.1) is 5.92 Å². The van der Waals surface area contributed by atoms with Crippen LogP contribution in [0.4, 0.5) is 4.79 Å². The van der Waals surface area contributed by atoms with Crippen LogP contribution in [0.25, 0.3) is 0 Å². The highest BCUT2D eigenvalue weighted by Crippen LogP contribution is 2.23. The van der Waals surface area contributed by atoms with Gasteiger partial charge in [0.15, 0.2) is 0 Å². The van der Waals surface area contributed by atoms with Crippen molar-refractivity contribution in [2.45, 2.75) is 12.6 Å². The number of amides is 3. The fourth-order valence-electron chi connectivity index (χ4n) is 3.23. The summed E-state index contributed by atoms with van der Waals surface area (Å²) in [5.41, 5.74) is 1.30. The van der Waals surface area contributed by atoms with E-state index in [2.05, 4.69) is 22.3 Å². The number of imide groups is 1. The summed E-state index contributed by atoms with van der Waals surface area (Å²) in [4.78, 5) is 29.4. The lowest BCUT2D eigenvalue weighted by Crippen LogP contribution is -2.69. The number of hydrogen-bond donors (Lipinski definition) is 1. The molecule has 6 heteroatoms. The van der Waals surface area contributed by atoms with Crippen LogP contribution < -0.4 is 5.32 Å². The monoisotopic (exact) mass is 302 g/mol. The molecule has 0 saturated carbocycles. The van der Waals surface area contributed by atoms with Crippen LogP contribution in [0.15, 0.2) is 30.3 Å². The number of carbonyl (C=O) groups is 2. The number of benzene rings is 1. The Balaban J connectivity index is 1.63. The highest BCUT2D eigenvalue weighted by Gasteiger charge is 2.45. The second kappa shape index (κ2) is 6.06. The maximum absolute atomic E-state index is 12.3. The maximum atomic E-state index is 12.3. The average molecular weight is 302 g/mol. The van der Waals surface area contributed by atoms with Gasteiger partial charge >= 0.3 is 6.03 Å². The first-order valence-corrected chi connectivity index (χ1v) is 7.62. The molecule has 0 bridgehead atoms. The van der Waals surface area contributed by atoms with Gasteiger partial charge in [0.2, 0.25) is 5.91 Å². The molecule has 1 N–H and O–H groups in total. The fraction of sp³-hybridized carbons (Fsp3) is 0.500. The molecule has 2 atom stereocenters. The largest absolute Gasteiger partial charge is 0.327 e. The van der Waals surface area contributed by atoms with Crippen molar-refractivity contribution in [1.82, 2.24) is 20.0 Å². The van der Waals surface area contributed by atoms with Gasteiger partial charge in [0.1, 0.15) is 0 Å². The van der Waals surface area contributed by atoms with Gasteiger partial charge in [0.25, 0.3) is 0 Å². The predicted octanol–water partition coefficient (Wildman–Crippen LogP) is 0.558. The van der Waals surface area contributed by atoms with Crippen LogP contribution >= 0.6 is 0 Å². The first-order chi connectivity index (χ1) is 10.6. The smallest absolute Gasteiger partial charge is 0.311 e. The van der Waals surface area contributed by atoms with Crippen molar-refractivity contribution in [1.29, 1.82) is 0 Å². The van der Waals surface area contributed by atoms with E-state index in [1.54, 1.807) is 19.0 Å². The molecule has 118 valence electrons. The Labute approximate surface area is 130 Å². The summed E-state index contributed by atoms with van der Waals surface area (Å²) >= 11 is 0. The summed E-state index contributed by atoms with van der Waals surface area (Å²) in [7, 11) is 3.30. The summed E-state index contributed by atoms with van der Waals surface area (Å²) in [6.07, 6.45) is 0.766. The third-order valence-corrected chi connectivity index (χ3v) is 4.57. The Morgan fingerprint density at radius 3 is 2.64 bits per heavy atom. The van der Waals surface area contributed by atoms with Gasteiger partial charge < -0.3 is 4.90 Å². The first kappa shape index (κ1) is 15.0. The predicted molar refractivity (Wildman–Crippen MR) is 82.9 cm³/mol. The van der Waals surface area contributed by atoms with Crippen molar-refractivity contribution in [3.63, 3.8) is 0 Å². The number of urea groups is 1. The van der Waals surface area contributed by atoms with Gasteiger partial charge in [-0.1, -0.05) is 30.3 Å². The molecule has 2 aliphatic rings. The van der Waals surface area contributed by atoms with E-state index in [0.29, 0.717) is 13.2 Å². The molecule has 2 aliphatic heterocycles. The summed E-state index contributed by atoms with van der Waals surface area (Å²) in [6, 6.07) is 10.1. The minimum atomic E-state index is -0.239. The van der Waals surface area contributed by atoms with Gasteiger partial charge in [-0.25, -0.2) is 4.79 Å². The average Bonchev–Trinajstić information content (AvgIpc) is 2.57. The van der Waals surface area contributed by atoms with Crippen molar-refractivity contribution in [2.24, 2.45) is 5.92 Å². The summed E-state index contributed by atoms with van der Waals surface area (Å²) < 4.78 is 0. The highest BCUT2D eigenvalue weighted by molar-refractivity contribution is 5.98. The standard InChI is InChI=1S/C16H22N4O2/c1-18-14-13(15(21)19(2)16(18)22)10-20(11-17-14)9-8-12-6-4-3-5-7-12/h3-7,13-14,17H,8-11H2,1-2H3/t13-,14+/m1/s1. The molecule has 2 saturated heterocycles. The van der Waals surface area contributed by atoms with E-state index in [9.17, 15) is 9.59 Å². The van der Waals surface area contributed by atoms with E-state index in [1.165, 1.54) is 10.5 Å². The minimum absolute atomic E-state index is 0.0926. The van der Waals surface area contributed by atoms with Crippen LogP contribution in [0.2, 0.25) is 0 Å². The van der Waals surface area contributed by atoms with Crippen molar-refractivity contribution in [2.75, 3.05) is 33.9 Å². The third kappa shape index (κ3) is 2.71. The fourth-order valence-corrected chi connectivity index (χ4v) is 3.23. The number of fused-ring (bicyclic) bond motifs is 1. The Hall–Kier alpha value is -1.92.